The quantitative estimate of drug-likeness (QED) is 0.0238. The second kappa shape index (κ2) is 77.6. The van der Waals surface area contributed by atoms with E-state index >= 15 is 0 Å². The van der Waals surface area contributed by atoms with E-state index in [4.69, 9.17) is 72.9 Å². The van der Waals surface area contributed by atoms with Crippen LogP contribution in [-0.2, 0) is 131 Å². The fourth-order valence-corrected chi connectivity index (χ4v) is 8.45. The molecule has 0 spiro atoms. The van der Waals surface area contributed by atoms with Crippen molar-refractivity contribution in [3.8, 4) is 0 Å². The molecule has 4 aliphatic rings. The molecule has 5 atom stereocenters. The lowest BCUT2D eigenvalue weighted by Crippen LogP contribution is -2.32. The number of carboxylic acid groups (broad SMARTS) is 4. The molecule has 0 bridgehead atoms. The summed E-state index contributed by atoms with van der Waals surface area (Å²) in [4.78, 5) is 142. The lowest BCUT2D eigenvalue weighted by Gasteiger charge is -2.27. The summed E-state index contributed by atoms with van der Waals surface area (Å²) < 4.78 is 65.2. The van der Waals surface area contributed by atoms with E-state index in [2.05, 4.69) is 58.4 Å². The molecule has 4 heterocycles. The van der Waals surface area contributed by atoms with Crippen LogP contribution in [-0.4, -0.2) is 196 Å². The summed E-state index contributed by atoms with van der Waals surface area (Å²) in [6.07, 6.45) is 17.1. The number of rotatable bonds is 37. The Balaban J connectivity index is -0.000000237. The molecule has 860 valence electrons. The van der Waals surface area contributed by atoms with E-state index in [9.17, 15) is 62.3 Å². The van der Waals surface area contributed by atoms with Gasteiger partial charge in [0.25, 0.3) is 0 Å². The monoisotopic (exact) mass is 2100 g/mol. The molecular weight excluding hydrogens is 1890 g/mol. The van der Waals surface area contributed by atoms with Gasteiger partial charge in [0.1, 0.15) is 25.9 Å². The van der Waals surface area contributed by atoms with E-state index in [1.165, 1.54) is 33.3 Å². The van der Waals surface area contributed by atoms with Crippen molar-refractivity contribution in [3.05, 3.63) is 71.8 Å². The molecule has 0 aromatic heterocycles. The number of aliphatic hydroxyl groups excluding tert-OH is 1. The number of hydrogen-bond donors (Lipinski definition) is 5. The molecule has 0 saturated carbocycles. The maximum Gasteiger partial charge on any atom is 0.313 e. The van der Waals surface area contributed by atoms with Crippen LogP contribution in [0.5, 0.6) is 0 Å². The maximum absolute atomic E-state index is 11.7. The number of methoxy groups -OCH3 is 3. The summed E-state index contributed by atoms with van der Waals surface area (Å²) >= 11 is 0. The molecule has 6 rings (SSSR count). The van der Waals surface area contributed by atoms with Gasteiger partial charge >= 0.3 is 77.6 Å². The molecule has 4 aliphatic heterocycles. The Hall–Kier alpha value is -8.65. The molecule has 147 heavy (non-hydrogen) atoms. The third-order valence-electron chi connectivity index (χ3n) is 27.3. The Bertz CT molecular complexity index is 3710. The fourth-order valence-electron chi connectivity index (χ4n) is 8.45. The van der Waals surface area contributed by atoms with E-state index in [0.29, 0.717) is 64.6 Å². The predicted molar refractivity (Wildman–Crippen MR) is 579 cm³/mol. The first-order valence-electron chi connectivity index (χ1n) is 52.8. The van der Waals surface area contributed by atoms with Gasteiger partial charge < -0.3 is 87.1 Å². The lowest BCUT2D eigenvalue weighted by atomic mass is 9.91. The van der Waals surface area contributed by atoms with Crippen molar-refractivity contribution in [2.75, 3.05) is 67.6 Å². The minimum atomic E-state index is -0.722. The van der Waals surface area contributed by atoms with Crippen LogP contribution in [0.25, 0.3) is 0 Å². The molecule has 31 heteroatoms. The Labute approximate surface area is 888 Å². The summed E-state index contributed by atoms with van der Waals surface area (Å²) in [6.45, 7) is 81.0. The first-order valence-corrected chi connectivity index (χ1v) is 52.8. The normalized spacial score (nSPS) is 15.5. The molecule has 2 aromatic rings. The van der Waals surface area contributed by atoms with Gasteiger partial charge in [0, 0.05) is 19.3 Å². The number of carboxylic acids is 4. The van der Waals surface area contributed by atoms with Gasteiger partial charge in [-0.1, -0.05) is 165 Å². The summed E-state index contributed by atoms with van der Waals surface area (Å²) in [7, 11) is 4.25. The highest BCUT2D eigenvalue weighted by Gasteiger charge is 2.38. The predicted octanol–water partition coefficient (Wildman–Crippen LogP) is 26.2. The van der Waals surface area contributed by atoms with Gasteiger partial charge in [-0.15, -0.1) is 0 Å². The van der Waals surface area contributed by atoms with Crippen molar-refractivity contribution >= 4 is 77.6 Å². The van der Waals surface area contributed by atoms with Crippen LogP contribution < -0.4 is 0 Å². The number of carbonyl (C=O) groups is 13. The Kier molecular flexibility index (Phi) is 81.1. The van der Waals surface area contributed by atoms with E-state index in [0.717, 1.165) is 115 Å². The Morgan fingerprint density at radius 1 is 0.299 bits per heavy atom. The topological polar surface area (TPSA) is 446 Å². The van der Waals surface area contributed by atoms with Crippen molar-refractivity contribution in [2.45, 2.75) is 456 Å². The second-order valence-corrected chi connectivity index (χ2v) is 44.9. The number of benzene rings is 2. The van der Waals surface area contributed by atoms with Gasteiger partial charge in [-0.3, -0.25) is 62.3 Å². The zero-order valence-electron chi connectivity index (χ0n) is 100. The van der Waals surface area contributed by atoms with Gasteiger partial charge in [-0.2, -0.15) is 0 Å². The molecule has 0 radical (unpaired) electrons. The second-order valence-electron chi connectivity index (χ2n) is 44.9. The third-order valence-corrected chi connectivity index (χ3v) is 27.3. The van der Waals surface area contributed by atoms with Crippen molar-refractivity contribution in [1.82, 2.24) is 0 Å². The van der Waals surface area contributed by atoms with Crippen LogP contribution in [0.1, 0.15) is 436 Å². The van der Waals surface area contributed by atoms with E-state index in [-0.39, 0.29) is 135 Å². The van der Waals surface area contributed by atoms with Crippen LogP contribution in [0.4, 0.5) is 0 Å². The minimum absolute atomic E-state index is 0.0995. The SMILES string of the molecule is CCC(C)(C)C(=O)O.CCC(C)(C)C(=O)O.CCC(C)(C)C(=O)O.CCC(C)(C)C(=O)O.CCC(C)(C)C(=O)OC.CCC(C)(C)C(=O)OC.CCC(C)(C)C(=O)OC.CCC(C)(C)C(=O)OC1CCCCO1.CCC(C)(C)C(=O)OC1CCCO1.CCC(C)(C)C(=O)OC1CCCO1.CCC(C)(C)C(=O)OCC1CO1.CCC(C)(C)C(=O)OCCO.CCC(C)(C)C(=O)OCc1ccccc1.CCC(C)c1ccccc1. The number of aliphatic carboxylic acids is 4. The molecular formula is C116H210O31. The van der Waals surface area contributed by atoms with Crippen molar-refractivity contribution in [3.63, 3.8) is 0 Å². The van der Waals surface area contributed by atoms with Gasteiger partial charge in [0.2, 0.25) is 18.9 Å². The van der Waals surface area contributed by atoms with Gasteiger partial charge in [0.15, 0.2) is 0 Å². The average molecular weight is 2100 g/mol. The van der Waals surface area contributed by atoms with Crippen LogP contribution in [0.15, 0.2) is 60.7 Å². The van der Waals surface area contributed by atoms with Crippen molar-refractivity contribution < 1.29 is 149 Å². The highest BCUT2D eigenvalue weighted by molar-refractivity contribution is 5.80. The minimum Gasteiger partial charge on any atom is -0.481 e. The first-order chi connectivity index (χ1) is 67.3. The largest absolute Gasteiger partial charge is 0.481 e. The first kappa shape index (κ1) is 154. The molecule has 5 unspecified atom stereocenters. The number of esters is 9. The summed E-state index contributed by atoms with van der Waals surface area (Å²) in [6, 6.07) is 20.4. The number of hydrogen-bond acceptors (Lipinski definition) is 27. The fraction of sp³-hybridized carbons (Fsp3) is 0.784. The maximum atomic E-state index is 11.7. The molecule has 0 amide bonds. The van der Waals surface area contributed by atoms with E-state index < -0.39 is 51.0 Å². The summed E-state index contributed by atoms with van der Waals surface area (Å²) in [5.41, 5.74) is -2.93. The number of ether oxygens (including phenoxy) is 13. The molecule has 2 aromatic carbocycles. The zero-order chi connectivity index (χ0) is 117. The summed E-state index contributed by atoms with van der Waals surface area (Å²) in [5.74, 6) is -3.53. The van der Waals surface area contributed by atoms with Crippen LogP contribution >= 0.6 is 0 Å². The molecule has 31 nitrogen and oxygen atoms in total. The molecule has 4 fully saturated rings. The molecule has 0 aliphatic carbocycles. The third kappa shape index (κ3) is 71.7. The summed E-state index contributed by atoms with van der Waals surface area (Å²) in [5, 5.41) is 42.1. The van der Waals surface area contributed by atoms with Gasteiger partial charge in [-0.05, 0) is 313 Å². The van der Waals surface area contributed by atoms with Crippen molar-refractivity contribution in [2.24, 2.45) is 70.4 Å². The standard InChI is InChI=1S/C13H18O2.C11H20O3.2C10H18O3.C10H14.C9H16O3.C8H16O3.3C7H14O2.4C6H12O2/c1-4-13(2,3)12(14)15-10-11-8-6-5-7-9-11;1-4-11(2,3)10(12)14-9-7-5-6-8-13-9;2*1-4-10(2,3)9(11)13-8-6-5-7-12-8;1-3-9(2)10-7-5-4-6-8-10;1-4-9(2,3)8(10)12-6-7-5-11-7;1-4-8(2,3)7(10)11-6-5-9;3*1-5-7(2,3)6(8)9-4;4*1-4-6(2,3)5(7)8/h5-9H,4,10H2,1-3H3;9H,4-8H2,1-3H3;2*8H,4-7H2,1-3H3;4-9H,3H2,1-2H3;7H,4-6H2,1-3H3;9H,4-6H2,1-3H3;3*5H2,1-4H3;4*4H2,1-3H3,(H,7,8). The number of aliphatic hydroxyl groups is 1. The highest BCUT2D eigenvalue weighted by atomic mass is 16.7. The molecule has 5 N–H and O–H groups in total. The van der Waals surface area contributed by atoms with E-state index in [1.807, 2.05) is 245 Å². The Morgan fingerprint density at radius 3 is 0.714 bits per heavy atom. The van der Waals surface area contributed by atoms with Crippen LogP contribution in [0.2, 0.25) is 0 Å². The smallest absolute Gasteiger partial charge is 0.313 e. The zero-order valence-corrected chi connectivity index (χ0v) is 100. The number of epoxide rings is 1. The Morgan fingerprint density at radius 2 is 0.524 bits per heavy atom. The van der Waals surface area contributed by atoms with Crippen LogP contribution in [0, 0.1) is 70.4 Å². The molecule has 4 saturated heterocycles. The van der Waals surface area contributed by atoms with E-state index in [1.54, 1.807) is 55.4 Å². The number of carbonyl (C=O) groups excluding carboxylic acids is 9. The van der Waals surface area contributed by atoms with Crippen molar-refractivity contribution in [1.29, 1.82) is 0 Å². The van der Waals surface area contributed by atoms with Crippen LogP contribution in [0.3, 0.4) is 0 Å². The highest BCUT2D eigenvalue weighted by Crippen LogP contribution is 2.32. The lowest BCUT2D eigenvalue weighted by molar-refractivity contribution is -0.196. The van der Waals surface area contributed by atoms with Gasteiger partial charge in [0.05, 0.1) is 125 Å². The van der Waals surface area contributed by atoms with Gasteiger partial charge in [-0.25, -0.2) is 0 Å². The average Bonchev–Trinajstić information content (AvgIpc) is 1.33.